The summed E-state index contributed by atoms with van der Waals surface area (Å²) in [6.45, 7) is -0.414. The Labute approximate surface area is 163 Å². The number of nitro groups is 1. The number of nitro benzene ring substituents is 1. The van der Waals surface area contributed by atoms with Crippen LogP contribution in [0.3, 0.4) is 0 Å². The number of rotatable bonds is 6. The molecule has 4 saturated carbocycles. The zero-order chi connectivity index (χ0) is 19.7. The van der Waals surface area contributed by atoms with Crippen molar-refractivity contribution in [2.24, 2.45) is 23.2 Å². The van der Waals surface area contributed by atoms with Crippen molar-refractivity contribution in [2.75, 3.05) is 6.61 Å². The van der Waals surface area contributed by atoms with Gasteiger partial charge in [-0.3, -0.25) is 30.6 Å². The molecule has 0 unspecified atom stereocenters. The van der Waals surface area contributed by atoms with E-state index in [1.807, 2.05) is 0 Å². The summed E-state index contributed by atoms with van der Waals surface area (Å²) >= 11 is 0. The van der Waals surface area contributed by atoms with Crippen molar-refractivity contribution < 1.29 is 19.2 Å². The Morgan fingerprint density at radius 2 is 1.61 bits per heavy atom. The highest BCUT2D eigenvalue weighted by Crippen LogP contribution is 2.61. The first-order chi connectivity index (χ1) is 13.4. The summed E-state index contributed by atoms with van der Waals surface area (Å²) in [5, 5.41) is 11.0. The molecule has 0 radical (unpaired) electrons. The number of hydrogen-bond donors (Lipinski definition) is 2. The predicted molar refractivity (Wildman–Crippen MR) is 100 cm³/mol. The highest BCUT2D eigenvalue weighted by Gasteiger charge is 2.51. The number of hydrazine groups is 1. The molecule has 4 bridgehead atoms. The fourth-order valence-corrected chi connectivity index (χ4v) is 5.94. The Morgan fingerprint density at radius 3 is 2.21 bits per heavy atom. The fraction of sp³-hybridized carbons (Fsp3) is 0.600. The molecule has 28 heavy (non-hydrogen) atoms. The molecule has 0 spiro atoms. The molecule has 8 nitrogen and oxygen atoms in total. The summed E-state index contributed by atoms with van der Waals surface area (Å²) in [5.74, 6) is 1.58. The van der Waals surface area contributed by atoms with Crippen molar-refractivity contribution in [1.82, 2.24) is 10.9 Å². The van der Waals surface area contributed by atoms with E-state index in [2.05, 4.69) is 10.9 Å². The van der Waals surface area contributed by atoms with E-state index in [0.29, 0.717) is 6.42 Å². The van der Waals surface area contributed by atoms with Crippen LogP contribution in [0.1, 0.15) is 44.9 Å². The van der Waals surface area contributed by atoms with Gasteiger partial charge >= 0.3 is 5.69 Å². The Morgan fingerprint density at radius 1 is 1.04 bits per heavy atom. The molecule has 0 aliphatic heterocycles. The van der Waals surface area contributed by atoms with Gasteiger partial charge in [0.25, 0.3) is 5.91 Å². The van der Waals surface area contributed by atoms with Crippen LogP contribution in [0.2, 0.25) is 0 Å². The largest absolute Gasteiger partial charge is 0.477 e. The summed E-state index contributed by atoms with van der Waals surface area (Å²) in [6, 6.07) is 5.85. The number of nitrogens with one attached hydrogen (secondary N) is 2. The second kappa shape index (κ2) is 7.41. The van der Waals surface area contributed by atoms with Gasteiger partial charge in [0.05, 0.1) is 4.92 Å². The normalized spacial score (nSPS) is 29.9. The van der Waals surface area contributed by atoms with Gasteiger partial charge in [-0.1, -0.05) is 12.1 Å². The van der Waals surface area contributed by atoms with Crippen molar-refractivity contribution >= 4 is 17.5 Å². The van der Waals surface area contributed by atoms with Gasteiger partial charge in [0, 0.05) is 12.5 Å². The number of carbonyl (C=O) groups is 2. The predicted octanol–water partition coefficient (Wildman–Crippen LogP) is 2.73. The molecule has 1 aromatic rings. The summed E-state index contributed by atoms with van der Waals surface area (Å²) in [7, 11) is 0. The molecule has 150 valence electrons. The van der Waals surface area contributed by atoms with Crippen LogP contribution in [0.5, 0.6) is 5.75 Å². The van der Waals surface area contributed by atoms with E-state index < -0.39 is 17.4 Å². The van der Waals surface area contributed by atoms with E-state index in [-0.39, 0.29) is 22.8 Å². The summed E-state index contributed by atoms with van der Waals surface area (Å²) in [4.78, 5) is 34.7. The second-order valence-electron chi connectivity index (χ2n) is 8.70. The highest BCUT2D eigenvalue weighted by molar-refractivity contribution is 5.83. The van der Waals surface area contributed by atoms with Gasteiger partial charge < -0.3 is 4.74 Å². The lowest BCUT2D eigenvalue weighted by atomic mass is 9.49. The van der Waals surface area contributed by atoms with E-state index in [0.717, 1.165) is 37.0 Å². The van der Waals surface area contributed by atoms with Gasteiger partial charge in [0.15, 0.2) is 12.4 Å². The van der Waals surface area contributed by atoms with Crippen molar-refractivity contribution in [1.29, 1.82) is 0 Å². The van der Waals surface area contributed by atoms with Crippen LogP contribution in [0.15, 0.2) is 24.3 Å². The number of nitrogens with zero attached hydrogens (tertiary/aromatic N) is 1. The maximum Gasteiger partial charge on any atom is 0.310 e. The number of hydrogen-bond acceptors (Lipinski definition) is 5. The Kier molecular flexibility index (Phi) is 4.95. The van der Waals surface area contributed by atoms with Crippen molar-refractivity contribution in [2.45, 2.75) is 44.9 Å². The lowest BCUT2D eigenvalue weighted by Crippen LogP contribution is -2.50. The maximum atomic E-state index is 12.4. The third-order valence-electron chi connectivity index (χ3n) is 6.46. The molecule has 0 atom stereocenters. The van der Waals surface area contributed by atoms with Gasteiger partial charge in [-0.05, 0) is 67.8 Å². The van der Waals surface area contributed by atoms with Crippen LogP contribution >= 0.6 is 0 Å². The topological polar surface area (TPSA) is 111 Å². The standard InChI is InChI=1S/C20H25N3O5/c24-18(11-20-8-13-5-14(9-20)7-15(6-13)10-20)21-22-19(25)12-28-17-4-2-1-3-16(17)23(26)27/h1-4,13-15H,5-12H2,(H,21,24)(H,22,25). The first kappa shape index (κ1) is 18.7. The van der Waals surface area contributed by atoms with Crippen LogP contribution in [-0.2, 0) is 9.59 Å². The highest BCUT2D eigenvalue weighted by atomic mass is 16.6. The molecular formula is C20H25N3O5. The number of para-hydroxylation sites is 2. The third-order valence-corrected chi connectivity index (χ3v) is 6.46. The second-order valence-corrected chi connectivity index (χ2v) is 8.70. The summed E-state index contributed by atoms with van der Waals surface area (Å²) in [5.41, 5.74) is 4.72. The first-order valence-electron chi connectivity index (χ1n) is 9.86. The number of ether oxygens (including phenoxy) is 1. The average molecular weight is 387 g/mol. The average Bonchev–Trinajstić information content (AvgIpc) is 2.63. The van der Waals surface area contributed by atoms with Crippen LogP contribution in [-0.4, -0.2) is 23.3 Å². The Hall–Kier alpha value is -2.64. The molecule has 4 aliphatic carbocycles. The summed E-state index contributed by atoms with van der Waals surface area (Å²) < 4.78 is 5.22. The molecular weight excluding hydrogens is 362 g/mol. The molecule has 4 aliphatic rings. The summed E-state index contributed by atoms with van der Waals surface area (Å²) in [6.07, 6.45) is 7.78. The first-order valence-corrected chi connectivity index (χ1v) is 9.86. The fourth-order valence-electron chi connectivity index (χ4n) is 5.94. The van der Waals surface area contributed by atoms with E-state index >= 15 is 0 Å². The SMILES string of the molecule is O=C(COc1ccccc1[N+](=O)[O-])NNC(=O)CC12CC3CC(CC(C3)C1)C2. The minimum absolute atomic E-state index is 0.0162. The molecule has 2 amide bonds. The maximum absolute atomic E-state index is 12.4. The number of benzene rings is 1. The minimum atomic E-state index is -0.569. The third kappa shape index (κ3) is 3.95. The van der Waals surface area contributed by atoms with E-state index in [1.54, 1.807) is 6.07 Å². The lowest BCUT2D eigenvalue weighted by molar-refractivity contribution is -0.385. The molecule has 2 N–H and O–H groups in total. The van der Waals surface area contributed by atoms with Gasteiger partial charge in [0.2, 0.25) is 5.91 Å². The Bertz CT molecular complexity index is 759. The van der Waals surface area contributed by atoms with E-state index in [4.69, 9.17) is 4.74 Å². The monoisotopic (exact) mass is 387 g/mol. The molecule has 5 rings (SSSR count). The Balaban J connectivity index is 1.24. The lowest BCUT2D eigenvalue weighted by Gasteiger charge is -2.56. The zero-order valence-corrected chi connectivity index (χ0v) is 15.7. The molecule has 0 heterocycles. The van der Waals surface area contributed by atoms with Gasteiger partial charge in [-0.15, -0.1) is 0 Å². The van der Waals surface area contributed by atoms with Gasteiger partial charge in [0.1, 0.15) is 0 Å². The van der Waals surface area contributed by atoms with Gasteiger partial charge in [-0.2, -0.15) is 0 Å². The smallest absolute Gasteiger partial charge is 0.310 e. The quantitative estimate of drug-likeness (QED) is 0.576. The molecule has 0 saturated heterocycles. The molecule has 4 fully saturated rings. The van der Waals surface area contributed by atoms with Crippen LogP contribution in [0, 0.1) is 33.3 Å². The number of carbonyl (C=O) groups excluding carboxylic acids is 2. The van der Waals surface area contributed by atoms with Crippen LogP contribution in [0.25, 0.3) is 0 Å². The van der Waals surface area contributed by atoms with Gasteiger partial charge in [-0.25, -0.2) is 0 Å². The zero-order valence-electron chi connectivity index (χ0n) is 15.7. The van der Waals surface area contributed by atoms with Crippen molar-refractivity contribution in [3.05, 3.63) is 34.4 Å². The number of amides is 2. The van der Waals surface area contributed by atoms with Crippen molar-refractivity contribution in [3.8, 4) is 5.75 Å². The molecule has 8 heteroatoms. The van der Waals surface area contributed by atoms with E-state index in [9.17, 15) is 19.7 Å². The van der Waals surface area contributed by atoms with E-state index in [1.165, 1.54) is 37.5 Å². The molecule has 0 aromatic heterocycles. The minimum Gasteiger partial charge on any atom is -0.477 e. The van der Waals surface area contributed by atoms with Crippen molar-refractivity contribution in [3.63, 3.8) is 0 Å². The van der Waals surface area contributed by atoms with Crippen LogP contribution < -0.4 is 15.6 Å². The van der Waals surface area contributed by atoms with Crippen LogP contribution in [0.4, 0.5) is 5.69 Å². The molecule has 1 aromatic carbocycles.